The Morgan fingerprint density at radius 1 is 1.59 bits per heavy atom. The molecule has 0 aliphatic carbocycles. The van der Waals surface area contributed by atoms with Crippen LogP contribution in [0.2, 0.25) is 0 Å². The minimum atomic E-state index is -3.42. The molecule has 11 heteroatoms. The fourth-order valence-corrected chi connectivity index (χ4v) is 3.14. The Morgan fingerprint density at radius 2 is 2.27 bits per heavy atom. The van der Waals surface area contributed by atoms with E-state index in [1.165, 1.54) is 17.9 Å². The molecule has 1 saturated heterocycles. The molecule has 3 N–H and O–H groups in total. The Hall–Kier alpha value is -0.870. The van der Waals surface area contributed by atoms with E-state index in [1.807, 2.05) is 0 Å². The van der Waals surface area contributed by atoms with Gasteiger partial charge in [0.15, 0.2) is 0 Å². The molecule has 0 radical (unpaired) electrons. The summed E-state index contributed by atoms with van der Waals surface area (Å²) in [4.78, 5) is 35.1. The SMILES string of the molecule is COP(O)(=S)O[C@H]1C[C@H](n2cc(C)c(=O)[nH]c2=O)O[C@@H]1CO. The zero-order chi connectivity index (χ0) is 16.5. The summed E-state index contributed by atoms with van der Waals surface area (Å²) in [6.07, 6.45) is -0.719. The van der Waals surface area contributed by atoms with Gasteiger partial charge in [0.2, 0.25) is 0 Å². The van der Waals surface area contributed by atoms with Crippen LogP contribution in [0.3, 0.4) is 0 Å². The number of aromatic amines is 1. The van der Waals surface area contributed by atoms with Crippen LogP contribution < -0.4 is 11.2 Å². The van der Waals surface area contributed by atoms with Crippen LogP contribution in [0.4, 0.5) is 0 Å². The second kappa shape index (κ2) is 6.71. The standard InChI is InChI=1S/C11H17N2O7PS/c1-6-4-13(11(16)12-10(6)15)9-3-7(8(5-14)19-9)20-21(17,22)18-2/h4,7-9,14H,3,5H2,1-2H3,(H,17,22)(H,12,15,16)/t7-,8+,9+,21?/m0/s1. The second-order valence-electron chi connectivity index (χ2n) is 4.82. The number of aliphatic hydroxyl groups excluding tert-OH is 1. The van der Waals surface area contributed by atoms with Gasteiger partial charge in [0.25, 0.3) is 5.56 Å². The van der Waals surface area contributed by atoms with Gasteiger partial charge in [-0.05, 0) is 18.7 Å². The van der Waals surface area contributed by atoms with E-state index in [0.717, 1.165) is 0 Å². The van der Waals surface area contributed by atoms with Gasteiger partial charge in [-0.3, -0.25) is 14.3 Å². The van der Waals surface area contributed by atoms with Gasteiger partial charge >= 0.3 is 12.4 Å². The number of ether oxygens (including phenoxy) is 1. The van der Waals surface area contributed by atoms with E-state index in [2.05, 4.69) is 4.98 Å². The van der Waals surface area contributed by atoms with Crippen molar-refractivity contribution in [3.05, 3.63) is 32.6 Å². The van der Waals surface area contributed by atoms with Gasteiger partial charge in [-0.1, -0.05) is 0 Å². The first-order valence-corrected chi connectivity index (χ1v) is 9.02. The first-order valence-electron chi connectivity index (χ1n) is 6.42. The van der Waals surface area contributed by atoms with E-state index in [1.54, 1.807) is 6.92 Å². The van der Waals surface area contributed by atoms with Gasteiger partial charge in [0.1, 0.15) is 12.3 Å². The number of nitrogens with zero attached hydrogens (tertiary/aromatic N) is 1. The number of aromatic nitrogens is 2. The van der Waals surface area contributed by atoms with E-state index < -0.39 is 36.4 Å². The first-order chi connectivity index (χ1) is 10.3. The number of aliphatic hydroxyl groups is 1. The average molecular weight is 352 g/mol. The van der Waals surface area contributed by atoms with E-state index in [-0.39, 0.29) is 13.0 Å². The maximum Gasteiger partial charge on any atom is 0.330 e. The van der Waals surface area contributed by atoms with Crippen LogP contribution in [0.15, 0.2) is 15.8 Å². The van der Waals surface area contributed by atoms with E-state index >= 15 is 0 Å². The molecule has 1 fully saturated rings. The highest BCUT2D eigenvalue weighted by Crippen LogP contribution is 2.47. The van der Waals surface area contributed by atoms with Crippen molar-refractivity contribution >= 4 is 18.5 Å². The third kappa shape index (κ3) is 3.72. The summed E-state index contributed by atoms with van der Waals surface area (Å²) in [5, 5.41) is 9.34. The zero-order valence-corrected chi connectivity index (χ0v) is 13.7. The summed E-state index contributed by atoms with van der Waals surface area (Å²) in [6.45, 7) is -2.25. The molecule has 1 aromatic rings. The number of aryl methyl sites for hydroxylation is 1. The highest BCUT2D eigenvalue weighted by Gasteiger charge is 2.40. The van der Waals surface area contributed by atoms with Crippen LogP contribution in [0.25, 0.3) is 0 Å². The molecule has 1 aliphatic rings. The van der Waals surface area contributed by atoms with E-state index in [4.69, 9.17) is 25.6 Å². The molecule has 0 bridgehead atoms. The van der Waals surface area contributed by atoms with Gasteiger partial charge in [-0.2, -0.15) is 0 Å². The fraction of sp³-hybridized carbons (Fsp3) is 0.636. The smallest absolute Gasteiger partial charge is 0.330 e. The van der Waals surface area contributed by atoms with Gasteiger partial charge < -0.3 is 23.8 Å². The van der Waals surface area contributed by atoms with Crippen molar-refractivity contribution in [2.24, 2.45) is 0 Å². The number of hydrogen-bond donors (Lipinski definition) is 3. The maximum absolute atomic E-state index is 11.9. The summed E-state index contributed by atoms with van der Waals surface area (Å²) in [5.74, 6) is 0. The third-order valence-electron chi connectivity index (χ3n) is 3.32. The quantitative estimate of drug-likeness (QED) is 0.599. The molecule has 4 atom stereocenters. The molecule has 1 unspecified atom stereocenters. The molecule has 1 aromatic heterocycles. The lowest BCUT2D eigenvalue weighted by Crippen LogP contribution is -2.33. The number of H-pyrrole nitrogens is 1. The van der Waals surface area contributed by atoms with E-state index in [0.29, 0.717) is 5.56 Å². The Kier molecular flexibility index (Phi) is 5.33. The molecule has 124 valence electrons. The highest BCUT2D eigenvalue weighted by atomic mass is 32.5. The summed E-state index contributed by atoms with van der Waals surface area (Å²) in [5.41, 5.74) is -0.763. The van der Waals surface area contributed by atoms with Crippen molar-refractivity contribution in [3.63, 3.8) is 0 Å². The summed E-state index contributed by atoms with van der Waals surface area (Å²) in [7, 11) is 1.22. The van der Waals surface area contributed by atoms with Crippen LogP contribution in [0.5, 0.6) is 0 Å². The van der Waals surface area contributed by atoms with Crippen LogP contribution in [-0.4, -0.2) is 45.5 Å². The van der Waals surface area contributed by atoms with Crippen molar-refractivity contribution in [1.29, 1.82) is 0 Å². The van der Waals surface area contributed by atoms with Crippen molar-refractivity contribution in [2.45, 2.75) is 31.8 Å². The second-order valence-corrected chi connectivity index (χ2v) is 7.72. The molecule has 1 aliphatic heterocycles. The summed E-state index contributed by atoms with van der Waals surface area (Å²) < 4.78 is 16.7. The molecule has 9 nitrogen and oxygen atoms in total. The Morgan fingerprint density at radius 3 is 2.86 bits per heavy atom. The topological polar surface area (TPSA) is 123 Å². The lowest BCUT2D eigenvalue weighted by Gasteiger charge is -2.20. The number of hydrogen-bond acceptors (Lipinski definition) is 7. The average Bonchev–Trinajstić information content (AvgIpc) is 2.84. The predicted molar refractivity (Wildman–Crippen MR) is 80.1 cm³/mol. The molecule has 0 spiro atoms. The minimum absolute atomic E-state index is 0.166. The van der Waals surface area contributed by atoms with Crippen molar-refractivity contribution in [3.8, 4) is 0 Å². The van der Waals surface area contributed by atoms with Gasteiger partial charge in [0, 0.05) is 25.3 Å². The molecule has 2 rings (SSSR count). The van der Waals surface area contributed by atoms with Crippen LogP contribution in [0, 0.1) is 6.92 Å². The fourth-order valence-electron chi connectivity index (χ4n) is 2.16. The Bertz CT molecular complexity index is 702. The van der Waals surface area contributed by atoms with Crippen LogP contribution >= 0.6 is 6.72 Å². The van der Waals surface area contributed by atoms with Gasteiger partial charge in [-0.25, -0.2) is 4.79 Å². The molecule has 0 saturated carbocycles. The number of rotatable bonds is 5. The Balaban J connectivity index is 2.25. The normalized spacial score (nSPS) is 27.7. The van der Waals surface area contributed by atoms with Crippen molar-refractivity contribution in [2.75, 3.05) is 13.7 Å². The largest absolute Gasteiger partial charge is 0.394 e. The minimum Gasteiger partial charge on any atom is -0.394 e. The summed E-state index contributed by atoms with van der Waals surface area (Å²) in [6, 6.07) is 0. The van der Waals surface area contributed by atoms with Crippen molar-refractivity contribution in [1.82, 2.24) is 9.55 Å². The monoisotopic (exact) mass is 352 g/mol. The van der Waals surface area contributed by atoms with Gasteiger partial charge in [0.05, 0.1) is 12.7 Å². The van der Waals surface area contributed by atoms with Crippen LogP contribution in [-0.2, 0) is 25.6 Å². The van der Waals surface area contributed by atoms with Gasteiger partial charge in [-0.15, -0.1) is 0 Å². The molecular weight excluding hydrogens is 335 g/mol. The molecule has 2 heterocycles. The van der Waals surface area contributed by atoms with Crippen molar-refractivity contribution < 1.29 is 23.8 Å². The lowest BCUT2D eigenvalue weighted by molar-refractivity contribution is -0.0438. The Labute approximate surface area is 130 Å². The predicted octanol–water partition coefficient (Wildman–Crippen LogP) is -0.627. The summed E-state index contributed by atoms with van der Waals surface area (Å²) >= 11 is 4.77. The first kappa shape index (κ1) is 17.5. The molecule has 0 amide bonds. The highest BCUT2D eigenvalue weighted by molar-refractivity contribution is 8.07. The molecule has 22 heavy (non-hydrogen) atoms. The molecular formula is C11H17N2O7PS. The third-order valence-corrected chi connectivity index (χ3v) is 5.02. The number of nitrogens with one attached hydrogen (secondary N) is 1. The lowest BCUT2D eigenvalue weighted by atomic mass is 10.2. The van der Waals surface area contributed by atoms with E-state index in [9.17, 15) is 19.6 Å². The molecule has 0 aromatic carbocycles. The zero-order valence-electron chi connectivity index (χ0n) is 12.0. The van der Waals surface area contributed by atoms with Crippen LogP contribution in [0.1, 0.15) is 18.2 Å². The maximum atomic E-state index is 11.9.